The maximum atomic E-state index is 14.0. The van der Waals surface area contributed by atoms with Crippen LogP contribution in [-0.2, 0) is 11.3 Å². The number of benzene rings is 2. The van der Waals surface area contributed by atoms with Gasteiger partial charge in [-0.05, 0) is 80.5 Å². The molecule has 0 radical (unpaired) electrons. The Morgan fingerprint density at radius 3 is 2.55 bits per heavy atom. The number of rotatable bonds is 11. The van der Waals surface area contributed by atoms with Crippen molar-refractivity contribution in [2.24, 2.45) is 0 Å². The summed E-state index contributed by atoms with van der Waals surface area (Å²) in [6.07, 6.45) is 6.80. The van der Waals surface area contributed by atoms with Crippen molar-refractivity contribution in [1.82, 2.24) is 30.1 Å². The summed E-state index contributed by atoms with van der Waals surface area (Å²) >= 11 is 0. The normalized spacial score (nSPS) is 14.4. The summed E-state index contributed by atoms with van der Waals surface area (Å²) in [4.78, 5) is 57.1. The van der Waals surface area contributed by atoms with Gasteiger partial charge in [0, 0.05) is 55.5 Å². The topological polar surface area (TPSA) is 145 Å². The Labute approximate surface area is 272 Å². The van der Waals surface area contributed by atoms with Gasteiger partial charge in [-0.1, -0.05) is 12.6 Å². The highest BCUT2D eigenvalue weighted by Crippen LogP contribution is 2.35. The van der Waals surface area contributed by atoms with Gasteiger partial charge in [0.1, 0.15) is 17.2 Å². The second kappa shape index (κ2) is 14.1. The molecule has 0 atom stereocenters. The van der Waals surface area contributed by atoms with Crippen LogP contribution in [0.4, 0.5) is 33.6 Å². The van der Waals surface area contributed by atoms with Crippen molar-refractivity contribution < 1.29 is 19.1 Å². The van der Waals surface area contributed by atoms with Crippen molar-refractivity contribution in [3.63, 3.8) is 0 Å². The Balaban J connectivity index is 1.23. The van der Waals surface area contributed by atoms with Crippen molar-refractivity contribution >= 4 is 46.7 Å². The first-order valence-corrected chi connectivity index (χ1v) is 15.3. The summed E-state index contributed by atoms with van der Waals surface area (Å²) in [5, 5.41) is 8.53. The van der Waals surface area contributed by atoms with E-state index in [9.17, 15) is 14.4 Å². The fraction of sp³-hybridized carbons (Fsp3) is 0.235. The first-order valence-electron chi connectivity index (χ1n) is 15.3. The van der Waals surface area contributed by atoms with Gasteiger partial charge < -0.3 is 30.5 Å². The number of ether oxygens (including phenoxy) is 1. The van der Waals surface area contributed by atoms with Crippen LogP contribution in [0.25, 0.3) is 0 Å². The summed E-state index contributed by atoms with van der Waals surface area (Å²) in [5.74, 6) is 1.15. The van der Waals surface area contributed by atoms with E-state index in [0.29, 0.717) is 53.4 Å². The van der Waals surface area contributed by atoms with Crippen molar-refractivity contribution in [1.29, 1.82) is 0 Å². The maximum Gasteiger partial charge on any atom is 0.330 e. The van der Waals surface area contributed by atoms with Crippen LogP contribution in [0.2, 0.25) is 0 Å². The predicted molar refractivity (Wildman–Crippen MR) is 178 cm³/mol. The first-order chi connectivity index (χ1) is 22.9. The van der Waals surface area contributed by atoms with Crippen LogP contribution in [0.15, 0.2) is 85.7 Å². The van der Waals surface area contributed by atoms with Crippen LogP contribution in [0.1, 0.15) is 28.9 Å². The molecule has 4 aromatic rings. The zero-order valence-electron chi connectivity index (χ0n) is 26.0. The lowest BCUT2D eigenvalue weighted by molar-refractivity contribution is -0.111. The van der Waals surface area contributed by atoms with Crippen LogP contribution in [0.5, 0.6) is 11.5 Å². The number of carbonyl (C=O) groups is 3. The van der Waals surface area contributed by atoms with Crippen molar-refractivity contribution in [3.05, 3.63) is 97.0 Å². The van der Waals surface area contributed by atoms with Crippen LogP contribution < -0.4 is 25.6 Å². The number of carbonyl (C=O) groups excluding carboxylic acids is 3. The molecule has 3 N–H and O–H groups in total. The molecule has 1 fully saturated rings. The quantitative estimate of drug-likeness (QED) is 0.193. The lowest BCUT2D eigenvalue weighted by Gasteiger charge is -2.37. The summed E-state index contributed by atoms with van der Waals surface area (Å²) in [7, 11) is 1.54. The molecule has 2 aromatic heterocycles. The molecule has 13 nitrogen and oxygen atoms in total. The number of aromatic nitrogens is 3. The summed E-state index contributed by atoms with van der Waals surface area (Å²) in [6.45, 7) is 7.35. The lowest BCUT2D eigenvalue weighted by Crippen LogP contribution is -2.47. The number of anilines is 5. The third-order valence-corrected chi connectivity index (χ3v) is 7.86. The van der Waals surface area contributed by atoms with Crippen molar-refractivity contribution in [2.75, 3.05) is 48.8 Å². The number of likely N-dealkylation sites (tertiary alicyclic amines) is 1. The van der Waals surface area contributed by atoms with Gasteiger partial charge in [0.15, 0.2) is 5.82 Å². The van der Waals surface area contributed by atoms with E-state index in [0.717, 1.165) is 25.2 Å². The number of pyridine rings is 1. The van der Waals surface area contributed by atoms with Gasteiger partial charge in [0.05, 0.1) is 12.2 Å². The Kier molecular flexibility index (Phi) is 9.34. The number of urea groups is 1. The zero-order chi connectivity index (χ0) is 32.8. The molecule has 47 heavy (non-hydrogen) atoms. The molecule has 6 rings (SSSR count). The number of fused-ring (bicyclic) bond motifs is 1. The number of amides is 4. The average molecular weight is 634 g/mol. The van der Waals surface area contributed by atoms with Gasteiger partial charge in [0.25, 0.3) is 5.91 Å². The fourth-order valence-electron chi connectivity index (χ4n) is 5.46. The van der Waals surface area contributed by atoms with E-state index >= 15 is 0 Å². The van der Waals surface area contributed by atoms with Crippen molar-refractivity contribution in [2.45, 2.75) is 19.4 Å². The van der Waals surface area contributed by atoms with E-state index in [1.54, 1.807) is 60.6 Å². The van der Waals surface area contributed by atoms with E-state index < -0.39 is 0 Å². The maximum absolute atomic E-state index is 14.0. The molecule has 240 valence electrons. The van der Waals surface area contributed by atoms with Gasteiger partial charge in [-0.25, -0.2) is 14.7 Å². The van der Waals surface area contributed by atoms with Gasteiger partial charge in [-0.2, -0.15) is 4.98 Å². The van der Waals surface area contributed by atoms with Crippen LogP contribution >= 0.6 is 0 Å². The van der Waals surface area contributed by atoms with Crippen LogP contribution in [0.3, 0.4) is 0 Å². The fourth-order valence-corrected chi connectivity index (χ4v) is 5.46. The smallest absolute Gasteiger partial charge is 0.330 e. The molecular weight excluding hydrogens is 598 g/mol. The molecule has 2 aromatic carbocycles. The molecule has 13 heteroatoms. The predicted octanol–water partition coefficient (Wildman–Crippen LogP) is 5.06. The van der Waals surface area contributed by atoms with Crippen molar-refractivity contribution in [3.8, 4) is 11.5 Å². The molecule has 4 heterocycles. The largest absolute Gasteiger partial charge is 0.457 e. The molecule has 0 saturated carbocycles. The molecule has 2 aliphatic heterocycles. The molecule has 0 bridgehead atoms. The molecule has 0 spiro atoms. The average Bonchev–Trinajstić information content (AvgIpc) is 3.62. The van der Waals surface area contributed by atoms with Gasteiger partial charge >= 0.3 is 6.03 Å². The molecule has 0 unspecified atom stereocenters. The number of nitrogens with one attached hydrogen (secondary N) is 3. The highest BCUT2D eigenvalue weighted by molar-refractivity contribution is 6.03. The van der Waals surface area contributed by atoms with E-state index in [-0.39, 0.29) is 23.5 Å². The summed E-state index contributed by atoms with van der Waals surface area (Å²) in [5.41, 5.74) is 2.85. The van der Waals surface area contributed by atoms with E-state index in [1.807, 2.05) is 23.1 Å². The SMILES string of the molecule is C=CC(=O)Nc1cccc(N2C(=O)N(CCN3CCCC3)Cc3cnc(Nc4ccc(Oc5ccnc(C(=O)NC)c5)cc4)nc32)c1. The lowest BCUT2D eigenvalue weighted by atomic mass is 10.1. The highest BCUT2D eigenvalue weighted by Gasteiger charge is 2.34. The molecule has 2 aliphatic rings. The second-order valence-electron chi connectivity index (χ2n) is 11.1. The minimum atomic E-state index is -0.348. The first kappa shape index (κ1) is 31.2. The minimum absolute atomic E-state index is 0.203. The third-order valence-electron chi connectivity index (χ3n) is 7.86. The van der Waals surface area contributed by atoms with Gasteiger partial charge in [-0.3, -0.25) is 14.6 Å². The summed E-state index contributed by atoms with van der Waals surface area (Å²) < 4.78 is 5.91. The molecule has 0 aliphatic carbocycles. The summed E-state index contributed by atoms with van der Waals surface area (Å²) in [6, 6.07) is 17.3. The van der Waals surface area contributed by atoms with Crippen LogP contribution in [-0.4, -0.2) is 75.8 Å². The minimum Gasteiger partial charge on any atom is -0.457 e. The highest BCUT2D eigenvalue weighted by atomic mass is 16.5. The molecule has 4 amide bonds. The van der Waals surface area contributed by atoms with Crippen LogP contribution in [0, 0.1) is 0 Å². The molecule has 1 saturated heterocycles. The molecular formula is C34H35N9O4. The van der Waals surface area contributed by atoms with Gasteiger partial charge in [-0.15, -0.1) is 0 Å². The van der Waals surface area contributed by atoms with E-state index in [1.165, 1.54) is 25.1 Å². The second-order valence-corrected chi connectivity index (χ2v) is 11.1. The number of nitrogens with zero attached hydrogens (tertiary/aromatic N) is 6. The number of hydrogen-bond acceptors (Lipinski definition) is 9. The Morgan fingerprint density at radius 1 is 0.979 bits per heavy atom. The Morgan fingerprint density at radius 2 is 1.79 bits per heavy atom. The monoisotopic (exact) mass is 633 g/mol. The van der Waals surface area contributed by atoms with E-state index in [2.05, 4.69) is 37.4 Å². The standard InChI is InChI=1S/C34H35N9O4/c1-3-30(44)38-25-7-6-8-26(19-25)43-31-23(22-42(34(43)46)18-17-41-15-4-5-16-41)21-37-33(40-31)39-24-9-11-27(12-10-24)47-28-13-14-36-29(20-28)32(45)35-2/h3,6-14,19-21H,1,4-5,15-18,22H2,2H3,(H,35,45)(H,38,44)(H,37,39,40). The van der Waals surface area contributed by atoms with Gasteiger partial charge in [0.2, 0.25) is 11.9 Å². The zero-order valence-corrected chi connectivity index (χ0v) is 26.0. The van der Waals surface area contributed by atoms with E-state index in [4.69, 9.17) is 9.72 Å². The number of hydrogen-bond donors (Lipinski definition) is 3. The Bertz CT molecular complexity index is 1790. The third kappa shape index (κ3) is 7.36. The Hall–Kier alpha value is -5.82.